The molecule has 0 radical (unpaired) electrons. The van der Waals surface area contributed by atoms with E-state index in [1.165, 1.54) is 64.5 Å². The van der Waals surface area contributed by atoms with Crippen LogP contribution in [0.4, 0.5) is 0 Å². The Hall–Kier alpha value is -0.870. The highest BCUT2D eigenvalue weighted by atomic mass is 16.6. The predicted molar refractivity (Wildman–Crippen MR) is 116 cm³/mol. The van der Waals surface area contributed by atoms with Crippen LogP contribution in [0.1, 0.15) is 71.6 Å². The van der Waals surface area contributed by atoms with Crippen LogP contribution in [0.3, 0.4) is 0 Å². The lowest BCUT2D eigenvalue weighted by molar-refractivity contribution is -0.145. The molecule has 3 saturated heterocycles. The summed E-state index contributed by atoms with van der Waals surface area (Å²) in [5, 5.41) is 0. The first kappa shape index (κ1) is 20.1. The number of ether oxygens (including phenoxy) is 1. The summed E-state index contributed by atoms with van der Waals surface area (Å²) in [6.45, 7) is 10.6. The minimum Gasteiger partial charge on any atom is -0.461 e. The fourth-order valence-corrected chi connectivity index (χ4v) is 7.29. The average Bonchev–Trinajstić information content (AvgIpc) is 3.01. The van der Waals surface area contributed by atoms with Crippen LogP contribution in [0.2, 0.25) is 0 Å². The number of hydrogen-bond acceptors (Lipinski definition) is 4. The zero-order valence-electron chi connectivity index (χ0n) is 18.6. The number of rotatable bonds is 3. The Kier molecular flexibility index (Phi) is 5.53. The molecule has 5 aliphatic rings. The van der Waals surface area contributed by atoms with Gasteiger partial charge in [0.1, 0.15) is 6.10 Å². The van der Waals surface area contributed by atoms with Crippen molar-refractivity contribution in [3.8, 4) is 0 Å². The summed E-state index contributed by atoms with van der Waals surface area (Å²) in [6, 6.07) is 0.774. The molecule has 0 N–H and O–H groups in total. The predicted octanol–water partition coefficient (Wildman–Crippen LogP) is 4.25. The molecule has 4 nitrogen and oxygen atoms in total. The molecule has 0 spiro atoms. The number of carbonyl (C=O) groups excluding carboxylic acids is 1. The lowest BCUT2D eigenvalue weighted by Crippen LogP contribution is -2.48. The fourth-order valence-electron chi connectivity index (χ4n) is 7.29. The van der Waals surface area contributed by atoms with E-state index in [-0.39, 0.29) is 23.4 Å². The Labute approximate surface area is 177 Å². The summed E-state index contributed by atoms with van der Waals surface area (Å²) in [7, 11) is 0. The lowest BCUT2D eigenvalue weighted by Gasteiger charge is -2.46. The van der Waals surface area contributed by atoms with Crippen LogP contribution in [0.5, 0.6) is 0 Å². The SMILES string of the molecule is C[C@H]1CCC[C@]2(C)C[C@H]3OC(=O)[C@H](CN4CCC(N5CCCCC5)CC4)[C@H]3C=C12. The summed E-state index contributed by atoms with van der Waals surface area (Å²) < 4.78 is 5.97. The van der Waals surface area contributed by atoms with Crippen molar-refractivity contribution in [2.75, 3.05) is 32.7 Å². The summed E-state index contributed by atoms with van der Waals surface area (Å²) in [6.07, 6.45) is 14.3. The molecular formula is C25H40N2O2. The zero-order valence-corrected chi connectivity index (χ0v) is 18.6. The highest BCUT2D eigenvalue weighted by Gasteiger charge is 2.52. The van der Waals surface area contributed by atoms with Gasteiger partial charge in [-0.1, -0.05) is 38.3 Å². The summed E-state index contributed by atoms with van der Waals surface area (Å²) >= 11 is 0. The van der Waals surface area contributed by atoms with Gasteiger partial charge in [-0.05, 0) is 82.5 Å². The van der Waals surface area contributed by atoms with Gasteiger partial charge in [-0.15, -0.1) is 0 Å². The Morgan fingerprint density at radius 2 is 1.83 bits per heavy atom. The molecule has 5 rings (SSSR count). The number of hydrogen-bond donors (Lipinski definition) is 0. The number of likely N-dealkylation sites (tertiary alicyclic amines) is 2. The summed E-state index contributed by atoms with van der Waals surface area (Å²) in [4.78, 5) is 18.1. The maximum absolute atomic E-state index is 12.8. The van der Waals surface area contributed by atoms with Crippen LogP contribution in [-0.2, 0) is 9.53 Å². The normalized spacial score (nSPS) is 42.1. The number of esters is 1. The second-order valence-electron chi connectivity index (χ2n) is 11.0. The van der Waals surface area contributed by atoms with Crippen molar-refractivity contribution in [1.82, 2.24) is 9.80 Å². The molecule has 2 aliphatic carbocycles. The maximum atomic E-state index is 12.8. The van der Waals surface area contributed by atoms with Gasteiger partial charge < -0.3 is 14.5 Å². The van der Waals surface area contributed by atoms with E-state index in [0.29, 0.717) is 11.8 Å². The van der Waals surface area contributed by atoms with Gasteiger partial charge in [0, 0.05) is 18.5 Å². The highest BCUT2D eigenvalue weighted by molar-refractivity contribution is 5.76. The van der Waals surface area contributed by atoms with E-state index in [1.807, 2.05) is 0 Å². The molecule has 3 aliphatic heterocycles. The van der Waals surface area contributed by atoms with Gasteiger partial charge in [0.25, 0.3) is 0 Å². The molecular weight excluding hydrogens is 360 g/mol. The lowest BCUT2D eigenvalue weighted by atomic mass is 9.59. The Morgan fingerprint density at radius 1 is 1.07 bits per heavy atom. The fraction of sp³-hybridized carbons (Fsp3) is 0.880. The number of nitrogens with zero attached hydrogens (tertiary/aromatic N) is 2. The van der Waals surface area contributed by atoms with E-state index in [0.717, 1.165) is 32.1 Å². The van der Waals surface area contributed by atoms with E-state index in [4.69, 9.17) is 4.74 Å². The first-order chi connectivity index (χ1) is 14.0. The van der Waals surface area contributed by atoms with Crippen molar-refractivity contribution >= 4 is 5.97 Å². The molecule has 0 unspecified atom stereocenters. The van der Waals surface area contributed by atoms with E-state index in [2.05, 4.69) is 29.7 Å². The van der Waals surface area contributed by atoms with Crippen LogP contribution in [-0.4, -0.2) is 60.6 Å². The maximum Gasteiger partial charge on any atom is 0.311 e. The third-order valence-corrected chi connectivity index (χ3v) is 9.00. The third kappa shape index (κ3) is 3.80. The summed E-state index contributed by atoms with van der Waals surface area (Å²) in [5.41, 5.74) is 1.90. The number of fused-ring (bicyclic) bond motifs is 2. The average molecular weight is 401 g/mol. The molecule has 4 heteroatoms. The second kappa shape index (κ2) is 8.00. The number of piperidine rings is 2. The van der Waals surface area contributed by atoms with Crippen molar-refractivity contribution in [1.29, 1.82) is 0 Å². The quantitative estimate of drug-likeness (QED) is 0.524. The molecule has 4 fully saturated rings. The van der Waals surface area contributed by atoms with Gasteiger partial charge in [0.2, 0.25) is 0 Å². The summed E-state index contributed by atoms with van der Waals surface area (Å²) in [5.74, 6) is 1.11. The van der Waals surface area contributed by atoms with Crippen molar-refractivity contribution in [3.63, 3.8) is 0 Å². The monoisotopic (exact) mass is 400 g/mol. The molecule has 0 aromatic rings. The van der Waals surface area contributed by atoms with Crippen molar-refractivity contribution in [3.05, 3.63) is 11.6 Å². The van der Waals surface area contributed by atoms with Crippen LogP contribution >= 0.6 is 0 Å². The van der Waals surface area contributed by atoms with Crippen LogP contribution in [0.15, 0.2) is 11.6 Å². The topological polar surface area (TPSA) is 32.8 Å². The van der Waals surface area contributed by atoms with Gasteiger partial charge in [-0.25, -0.2) is 0 Å². The third-order valence-electron chi connectivity index (χ3n) is 9.00. The molecule has 1 saturated carbocycles. The zero-order chi connectivity index (χ0) is 20.0. The molecule has 5 atom stereocenters. The number of carbonyl (C=O) groups is 1. The molecule has 0 aromatic heterocycles. The minimum absolute atomic E-state index is 0.0534. The molecule has 0 aromatic carbocycles. The van der Waals surface area contributed by atoms with Crippen LogP contribution in [0.25, 0.3) is 0 Å². The minimum atomic E-state index is 0.0534. The largest absolute Gasteiger partial charge is 0.461 e. The van der Waals surface area contributed by atoms with E-state index in [1.54, 1.807) is 5.57 Å². The van der Waals surface area contributed by atoms with Crippen LogP contribution in [0, 0.1) is 23.2 Å². The van der Waals surface area contributed by atoms with Crippen molar-refractivity contribution < 1.29 is 9.53 Å². The Balaban J connectivity index is 1.23. The van der Waals surface area contributed by atoms with Crippen molar-refractivity contribution in [2.24, 2.45) is 23.2 Å². The standard InChI is InChI=1S/C25H40N2O2/c1-18-7-6-10-25(2)16-23-20(15-22(18)25)21(24(28)29-23)17-26-13-8-19(9-14-26)27-11-4-3-5-12-27/h15,18-21,23H,3-14,16-17H2,1-2H3/t18-,20+,21+,23+,25+/m0/s1. The van der Waals surface area contributed by atoms with E-state index >= 15 is 0 Å². The molecule has 29 heavy (non-hydrogen) atoms. The molecule has 0 amide bonds. The van der Waals surface area contributed by atoms with Gasteiger partial charge in [-0.2, -0.15) is 0 Å². The van der Waals surface area contributed by atoms with Crippen LogP contribution < -0.4 is 0 Å². The van der Waals surface area contributed by atoms with Gasteiger partial charge in [0.05, 0.1) is 5.92 Å². The van der Waals surface area contributed by atoms with E-state index in [9.17, 15) is 4.79 Å². The molecule has 3 heterocycles. The number of allylic oxidation sites excluding steroid dienone is 1. The smallest absolute Gasteiger partial charge is 0.311 e. The Bertz CT molecular complexity index is 647. The first-order valence-electron chi connectivity index (χ1n) is 12.4. The molecule has 162 valence electrons. The highest BCUT2D eigenvalue weighted by Crippen LogP contribution is 2.54. The Morgan fingerprint density at radius 3 is 2.59 bits per heavy atom. The van der Waals surface area contributed by atoms with Gasteiger partial charge in [0.15, 0.2) is 0 Å². The molecule has 0 bridgehead atoms. The second-order valence-corrected chi connectivity index (χ2v) is 11.0. The van der Waals surface area contributed by atoms with Gasteiger partial charge >= 0.3 is 5.97 Å². The van der Waals surface area contributed by atoms with Crippen molar-refractivity contribution in [2.45, 2.75) is 83.8 Å². The van der Waals surface area contributed by atoms with Gasteiger partial charge in [-0.3, -0.25) is 4.79 Å². The first-order valence-corrected chi connectivity index (χ1v) is 12.4. The van der Waals surface area contributed by atoms with E-state index < -0.39 is 0 Å².